The molecule has 3 amide bonds. The fraction of sp³-hybridized carbons (Fsp3) is 0.341. The van der Waals surface area contributed by atoms with E-state index in [2.05, 4.69) is 74.3 Å². The molecule has 57 heavy (non-hydrogen) atoms. The minimum absolute atomic E-state index is 0.103. The van der Waals surface area contributed by atoms with E-state index < -0.39 is 17.5 Å². The summed E-state index contributed by atoms with van der Waals surface area (Å²) < 4.78 is 2.82. The summed E-state index contributed by atoms with van der Waals surface area (Å²) >= 11 is 0. The van der Waals surface area contributed by atoms with E-state index in [-0.39, 0.29) is 30.6 Å². The number of aryl methyl sites for hydroxylation is 3. The van der Waals surface area contributed by atoms with Crippen molar-refractivity contribution < 1.29 is 14.4 Å². The predicted molar refractivity (Wildman–Crippen MR) is 215 cm³/mol. The second-order valence-electron chi connectivity index (χ2n) is 15.2. The largest absolute Gasteiger partial charge is 0.371 e. The number of fused-ring (bicyclic) bond motifs is 3. The number of amides is 3. The van der Waals surface area contributed by atoms with Crippen molar-refractivity contribution in [2.75, 3.05) is 35.2 Å². The molecule has 3 aliphatic rings. The molecule has 3 aliphatic heterocycles. The van der Waals surface area contributed by atoms with E-state index in [4.69, 9.17) is 10.1 Å². The minimum atomic E-state index is -0.885. The maximum Gasteiger partial charge on any atom is 0.278 e. The summed E-state index contributed by atoms with van der Waals surface area (Å²) in [6, 6.07) is 17.0. The van der Waals surface area contributed by atoms with Crippen LogP contribution in [0.2, 0.25) is 0 Å². The standard InChI is InChI=1S/C41H42N12O4/c1-23-5-4-6-24(2)35(23)45-36-31-21-42-41(46-37(31)50(3)48-36)43-28-8-7-25-13-18-52(22-27(25)19-28)39(56)26-14-16-51(17-15-26)29-9-10-32-30(20-29)40(57)53(49-47-32)33-11-12-34(54)44-38(33)55/h4-10,19-21,26,33H,11-18,22H2,1-3H3,(H,45,48)(H,42,43,46)(H,44,54,55). The van der Waals surface area contributed by atoms with Gasteiger partial charge in [0.05, 0.1) is 10.8 Å². The van der Waals surface area contributed by atoms with E-state index in [9.17, 15) is 19.2 Å². The number of piperidine rings is 2. The van der Waals surface area contributed by atoms with Crippen molar-refractivity contribution in [2.24, 2.45) is 13.0 Å². The smallest absolute Gasteiger partial charge is 0.278 e. The van der Waals surface area contributed by atoms with Gasteiger partial charge in [-0.15, -0.1) is 5.10 Å². The van der Waals surface area contributed by atoms with E-state index in [1.807, 2.05) is 30.1 Å². The molecular weight excluding hydrogens is 725 g/mol. The molecule has 0 aliphatic carbocycles. The summed E-state index contributed by atoms with van der Waals surface area (Å²) in [5, 5.41) is 23.2. The van der Waals surface area contributed by atoms with Crippen LogP contribution in [0.25, 0.3) is 21.9 Å². The van der Waals surface area contributed by atoms with Crippen LogP contribution in [0.3, 0.4) is 0 Å². The first-order valence-electron chi connectivity index (χ1n) is 19.3. The van der Waals surface area contributed by atoms with Crippen molar-refractivity contribution in [1.29, 1.82) is 0 Å². The zero-order valence-electron chi connectivity index (χ0n) is 32.0. The number of carbonyl (C=O) groups is 3. The van der Waals surface area contributed by atoms with Gasteiger partial charge in [-0.2, -0.15) is 14.8 Å². The number of imide groups is 1. The number of rotatable bonds is 7. The van der Waals surface area contributed by atoms with E-state index in [0.29, 0.717) is 67.3 Å². The van der Waals surface area contributed by atoms with Gasteiger partial charge < -0.3 is 20.4 Å². The Labute approximate surface area is 327 Å². The van der Waals surface area contributed by atoms with E-state index in [1.54, 1.807) is 23.0 Å². The molecule has 16 heteroatoms. The Bertz CT molecular complexity index is 2640. The lowest BCUT2D eigenvalue weighted by Gasteiger charge is -2.37. The molecule has 6 aromatic rings. The molecule has 3 aromatic heterocycles. The monoisotopic (exact) mass is 766 g/mol. The minimum Gasteiger partial charge on any atom is -0.371 e. The Balaban J connectivity index is 0.844. The predicted octanol–water partition coefficient (Wildman–Crippen LogP) is 4.35. The van der Waals surface area contributed by atoms with Gasteiger partial charge in [0.25, 0.3) is 11.5 Å². The van der Waals surface area contributed by atoms with Gasteiger partial charge >= 0.3 is 0 Å². The lowest BCUT2D eigenvalue weighted by Crippen LogP contribution is -2.45. The lowest BCUT2D eigenvalue weighted by molar-refractivity contribution is -0.137. The molecule has 1 atom stereocenters. The van der Waals surface area contributed by atoms with E-state index in [1.165, 1.54) is 5.56 Å². The van der Waals surface area contributed by atoms with Gasteiger partial charge in [-0.25, -0.2) is 9.67 Å². The topological polar surface area (TPSA) is 185 Å². The quantitative estimate of drug-likeness (QED) is 0.196. The van der Waals surface area contributed by atoms with Crippen molar-refractivity contribution in [1.82, 2.24) is 45.0 Å². The number of hydrogen-bond donors (Lipinski definition) is 3. The highest BCUT2D eigenvalue weighted by atomic mass is 16.2. The third kappa shape index (κ3) is 6.80. The zero-order valence-corrected chi connectivity index (χ0v) is 32.0. The third-order valence-electron chi connectivity index (χ3n) is 11.5. The maximum absolute atomic E-state index is 13.9. The highest BCUT2D eigenvalue weighted by Gasteiger charge is 2.32. The fourth-order valence-corrected chi connectivity index (χ4v) is 8.27. The molecule has 16 nitrogen and oxygen atoms in total. The Morgan fingerprint density at radius 3 is 2.47 bits per heavy atom. The average Bonchev–Trinajstić information content (AvgIpc) is 3.52. The number of carbonyl (C=O) groups excluding carboxylic acids is 3. The Hall–Kier alpha value is -6.71. The molecule has 2 fully saturated rings. The molecule has 1 unspecified atom stereocenters. The summed E-state index contributed by atoms with van der Waals surface area (Å²) in [7, 11) is 1.87. The number of hydrogen-bond acceptors (Lipinski definition) is 12. The number of aromatic nitrogens is 7. The van der Waals surface area contributed by atoms with Crippen LogP contribution in [0.5, 0.6) is 0 Å². The van der Waals surface area contributed by atoms with Crippen LogP contribution in [0.4, 0.5) is 28.8 Å². The molecule has 290 valence electrons. The van der Waals surface area contributed by atoms with Gasteiger partial charge in [0.15, 0.2) is 11.5 Å². The number of nitrogens with one attached hydrogen (secondary N) is 3. The Kier molecular flexibility index (Phi) is 9.10. The first-order valence-corrected chi connectivity index (χ1v) is 19.3. The molecule has 9 rings (SSSR count). The van der Waals surface area contributed by atoms with Crippen LogP contribution in [0.15, 0.2) is 65.6 Å². The molecule has 3 aromatic carbocycles. The third-order valence-corrected chi connectivity index (χ3v) is 11.5. The normalized spacial score (nSPS) is 17.5. The molecule has 0 bridgehead atoms. The lowest BCUT2D eigenvalue weighted by atomic mass is 9.92. The Morgan fingerprint density at radius 1 is 0.877 bits per heavy atom. The number of para-hydroxylation sites is 1. The number of anilines is 5. The summed E-state index contributed by atoms with van der Waals surface area (Å²) in [5.41, 5.74) is 8.00. The Morgan fingerprint density at radius 2 is 1.68 bits per heavy atom. The van der Waals surface area contributed by atoms with Crippen molar-refractivity contribution in [2.45, 2.75) is 58.5 Å². The van der Waals surface area contributed by atoms with Crippen molar-refractivity contribution in [3.8, 4) is 0 Å². The van der Waals surface area contributed by atoms with E-state index in [0.717, 1.165) is 50.2 Å². The summed E-state index contributed by atoms with van der Waals surface area (Å²) in [5.74, 6) is 0.299. The van der Waals surface area contributed by atoms with Crippen LogP contribution in [-0.2, 0) is 34.4 Å². The van der Waals surface area contributed by atoms with Gasteiger partial charge in [0.1, 0.15) is 11.6 Å². The van der Waals surface area contributed by atoms with Gasteiger partial charge in [0, 0.05) is 68.8 Å². The molecular formula is C41H42N12O4. The van der Waals surface area contributed by atoms with Crippen LogP contribution in [-0.4, -0.2) is 77.0 Å². The van der Waals surface area contributed by atoms with Crippen LogP contribution in [0, 0.1) is 19.8 Å². The SMILES string of the molecule is Cc1cccc(C)c1Nc1nn(C)c2nc(Nc3ccc4c(c3)CN(C(=O)C3CCN(c5ccc6nnn(C7CCC(=O)NC7=O)c(=O)c6c5)CC3)CC4)ncc12. The van der Waals surface area contributed by atoms with Gasteiger partial charge in [0.2, 0.25) is 17.8 Å². The average molecular weight is 767 g/mol. The molecule has 3 N–H and O–H groups in total. The first kappa shape index (κ1) is 36.0. The fourth-order valence-electron chi connectivity index (χ4n) is 8.27. The van der Waals surface area contributed by atoms with Crippen molar-refractivity contribution in [3.63, 3.8) is 0 Å². The van der Waals surface area contributed by atoms with E-state index >= 15 is 0 Å². The first-order chi connectivity index (χ1) is 27.6. The summed E-state index contributed by atoms with van der Waals surface area (Å²) in [6.07, 6.45) is 4.27. The summed E-state index contributed by atoms with van der Waals surface area (Å²) in [4.78, 5) is 65.0. The maximum atomic E-state index is 13.9. The van der Waals surface area contributed by atoms with Crippen LogP contribution < -0.4 is 26.4 Å². The molecule has 0 saturated carbocycles. The molecule has 0 radical (unpaired) electrons. The molecule has 0 spiro atoms. The zero-order chi connectivity index (χ0) is 39.4. The van der Waals surface area contributed by atoms with Gasteiger partial charge in [-0.05, 0) is 92.1 Å². The van der Waals surface area contributed by atoms with Crippen molar-refractivity contribution >= 4 is 68.5 Å². The number of nitrogens with zero attached hydrogens (tertiary/aromatic N) is 9. The van der Waals surface area contributed by atoms with Crippen LogP contribution >= 0.6 is 0 Å². The second kappa shape index (κ2) is 14.4. The highest BCUT2D eigenvalue weighted by Crippen LogP contribution is 2.32. The second-order valence-corrected chi connectivity index (χ2v) is 15.2. The van der Waals surface area contributed by atoms with Crippen LogP contribution in [0.1, 0.15) is 54.0 Å². The highest BCUT2D eigenvalue weighted by molar-refractivity contribution is 5.99. The molecule has 2 saturated heterocycles. The van der Waals surface area contributed by atoms with Gasteiger partial charge in [-0.1, -0.05) is 29.5 Å². The van der Waals surface area contributed by atoms with Crippen molar-refractivity contribution in [3.05, 3.63) is 93.4 Å². The number of benzene rings is 3. The summed E-state index contributed by atoms with van der Waals surface area (Å²) in [6.45, 7) is 6.65. The van der Waals surface area contributed by atoms with Gasteiger partial charge in [-0.3, -0.25) is 24.5 Å². The molecule has 6 heterocycles.